The Labute approximate surface area is 119 Å². The van der Waals surface area contributed by atoms with E-state index in [-0.39, 0.29) is 35.3 Å². The minimum atomic E-state index is -0.606. The van der Waals surface area contributed by atoms with Crippen LogP contribution in [-0.2, 0) is 9.53 Å². The topological polar surface area (TPSA) is 120 Å². The summed E-state index contributed by atoms with van der Waals surface area (Å²) in [6.07, 6.45) is -0.206. The van der Waals surface area contributed by atoms with Crippen LogP contribution in [0.4, 0.5) is 11.4 Å². The van der Waals surface area contributed by atoms with Crippen molar-refractivity contribution in [3.05, 3.63) is 33.3 Å². The Morgan fingerprint density at radius 3 is 2.90 bits per heavy atom. The van der Waals surface area contributed by atoms with Gasteiger partial charge >= 0.3 is 5.97 Å². The Bertz CT molecular complexity index is 547. The lowest BCUT2D eigenvalue weighted by atomic mass is 10.3. The van der Waals surface area contributed by atoms with Crippen molar-refractivity contribution in [1.29, 1.82) is 0 Å². The Balaban J connectivity index is 2.78. The van der Waals surface area contributed by atoms with Gasteiger partial charge in [0.25, 0.3) is 5.69 Å². The molecule has 1 rings (SSSR count). The van der Waals surface area contributed by atoms with E-state index in [0.29, 0.717) is 0 Å². The number of nitro groups is 1. The number of anilines is 1. The fraction of sp³-hybridized carbons (Fsp3) is 0.273. The third-order valence-corrected chi connectivity index (χ3v) is 2.34. The van der Waals surface area contributed by atoms with Crippen LogP contribution < -0.4 is 11.2 Å². The van der Waals surface area contributed by atoms with Gasteiger partial charge in [0, 0.05) is 11.1 Å². The van der Waals surface area contributed by atoms with Crippen LogP contribution in [0.3, 0.4) is 0 Å². The van der Waals surface area contributed by atoms with Crippen LogP contribution in [0.5, 0.6) is 0 Å². The molecule has 0 spiro atoms. The summed E-state index contributed by atoms with van der Waals surface area (Å²) in [7, 11) is 0. The maximum atomic E-state index is 11.1. The fourth-order valence-electron chi connectivity index (χ4n) is 1.28. The van der Waals surface area contributed by atoms with E-state index in [4.69, 9.17) is 17.3 Å². The first-order chi connectivity index (χ1) is 9.43. The number of esters is 1. The van der Waals surface area contributed by atoms with Gasteiger partial charge in [-0.15, -0.1) is 0 Å². The van der Waals surface area contributed by atoms with E-state index in [1.165, 1.54) is 18.2 Å². The largest absolute Gasteiger partial charge is 0.466 e. The number of amidine groups is 1. The van der Waals surface area contributed by atoms with Gasteiger partial charge in [-0.05, 0) is 19.1 Å². The summed E-state index contributed by atoms with van der Waals surface area (Å²) in [4.78, 5) is 21.4. The number of halogens is 1. The second-order valence-corrected chi connectivity index (χ2v) is 4.05. The second-order valence-electron chi connectivity index (χ2n) is 3.62. The molecule has 8 nitrogen and oxygen atoms in total. The van der Waals surface area contributed by atoms with Gasteiger partial charge in [0.1, 0.15) is 17.9 Å². The molecule has 0 fully saturated rings. The molecule has 0 unspecified atom stereocenters. The van der Waals surface area contributed by atoms with Crippen molar-refractivity contribution in [2.24, 2.45) is 10.8 Å². The molecule has 0 saturated carbocycles. The van der Waals surface area contributed by atoms with Crippen LogP contribution in [-0.4, -0.2) is 23.3 Å². The van der Waals surface area contributed by atoms with Gasteiger partial charge in [-0.3, -0.25) is 20.3 Å². The van der Waals surface area contributed by atoms with Crippen molar-refractivity contribution in [3.8, 4) is 0 Å². The lowest BCUT2D eigenvalue weighted by Gasteiger charge is -2.04. The zero-order valence-electron chi connectivity index (χ0n) is 10.6. The van der Waals surface area contributed by atoms with Crippen molar-refractivity contribution < 1.29 is 14.5 Å². The lowest BCUT2D eigenvalue weighted by Crippen LogP contribution is -2.20. The number of rotatable bonds is 6. The number of ether oxygens (including phenoxy) is 1. The van der Waals surface area contributed by atoms with Crippen LogP contribution in [0.2, 0.25) is 5.02 Å². The van der Waals surface area contributed by atoms with Crippen LogP contribution in [0.1, 0.15) is 13.3 Å². The predicted octanol–water partition coefficient (Wildman–Crippen LogP) is 1.89. The van der Waals surface area contributed by atoms with Crippen LogP contribution in [0.15, 0.2) is 23.3 Å². The molecule has 1 aromatic carbocycles. The fourth-order valence-corrected chi connectivity index (χ4v) is 1.45. The summed E-state index contributed by atoms with van der Waals surface area (Å²) < 4.78 is 4.69. The highest BCUT2D eigenvalue weighted by atomic mass is 35.5. The number of hydrogen-bond acceptors (Lipinski definition) is 6. The highest BCUT2D eigenvalue weighted by Crippen LogP contribution is 2.27. The van der Waals surface area contributed by atoms with Crippen molar-refractivity contribution in [3.63, 3.8) is 0 Å². The van der Waals surface area contributed by atoms with E-state index in [1.807, 2.05) is 0 Å². The molecule has 0 atom stereocenters. The molecule has 0 aliphatic carbocycles. The second kappa shape index (κ2) is 7.29. The Morgan fingerprint density at radius 1 is 1.60 bits per heavy atom. The van der Waals surface area contributed by atoms with E-state index in [0.717, 1.165) is 0 Å². The molecule has 0 amide bonds. The van der Waals surface area contributed by atoms with Crippen LogP contribution >= 0.6 is 11.6 Å². The molecule has 0 saturated heterocycles. The zero-order valence-corrected chi connectivity index (χ0v) is 11.4. The van der Waals surface area contributed by atoms with E-state index in [1.54, 1.807) is 6.92 Å². The Hall–Kier alpha value is -2.35. The molecule has 20 heavy (non-hydrogen) atoms. The summed E-state index contributed by atoms with van der Waals surface area (Å²) in [6.45, 7) is 1.91. The summed E-state index contributed by atoms with van der Waals surface area (Å²) in [6, 6.07) is 4.04. The van der Waals surface area contributed by atoms with Crippen molar-refractivity contribution in [1.82, 2.24) is 0 Å². The molecule has 0 bridgehead atoms. The molecule has 0 radical (unpaired) electrons. The molecule has 1 aromatic rings. The summed E-state index contributed by atoms with van der Waals surface area (Å²) in [5.74, 6) is -0.575. The summed E-state index contributed by atoms with van der Waals surface area (Å²) >= 11 is 5.67. The van der Waals surface area contributed by atoms with E-state index in [9.17, 15) is 14.9 Å². The SMILES string of the molecule is CCOC(=O)C/C(N)=N/Nc1ccc(Cl)cc1[N+](=O)[O-]. The van der Waals surface area contributed by atoms with E-state index in [2.05, 4.69) is 15.3 Å². The number of hydrogen-bond donors (Lipinski definition) is 2. The molecule has 0 aliphatic rings. The average Bonchev–Trinajstić information content (AvgIpc) is 2.37. The lowest BCUT2D eigenvalue weighted by molar-refractivity contribution is -0.383. The van der Waals surface area contributed by atoms with Gasteiger partial charge in [-0.25, -0.2) is 0 Å². The zero-order chi connectivity index (χ0) is 15.1. The number of hydrazone groups is 1. The molecular weight excluding hydrogens is 288 g/mol. The smallest absolute Gasteiger partial charge is 0.313 e. The molecule has 0 aromatic heterocycles. The maximum Gasteiger partial charge on any atom is 0.313 e. The first-order valence-electron chi connectivity index (χ1n) is 5.61. The average molecular weight is 301 g/mol. The van der Waals surface area contributed by atoms with Crippen molar-refractivity contribution in [2.75, 3.05) is 12.0 Å². The number of carbonyl (C=O) groups is 1. The number of carbonyl (C=O) groups excluding carboxylic acids is 1. The number of nitro benzene ring substituents is 1. The van der Waals surface area contributed by atoms with Gasteiger partial charge < -0.3 is 10.5 Å². The first-order valence-corrected chi connectivity index (χ1v) is 5.99. The van der Waals surface area contributed by atoms with Crippen LogP contribution in [0, 0.1) is 10.1 Å². The van der Waals surface area contributed by atoms with Gasteiger partial charge in [0.2, 0.25) is 0 Å². The van der Waals surface area contributed by atoms with E-state index < -0.39 is 10.9 Å². The minimum absolute atomic E-state index is 0.0484. The van der Waals surface area contributed by atoms with Gasteiger partial charge in [-0.2, -0.15) is 5.10 Å². The van der Waals surface area contributed by atoms with Gasteiger partial charge in [0.05, 0.1) is 11.5 Å². The third kappa shape index (κ3) is 4.73. The van der Waals surface area contributed by atoms with Crippen molar-refractivity contribution >= 4 is 34.8 Å². The first kappa shape index (κ1) is 15.7. The predicted molar refractivity (Wildman–Crippen MR) is 74.6 cm³/mol. The quantitative estimate of drug-likeness (QED) is 0.272. The highest BCUT2D eigenvalue weighted by molar-refractivity contribution is 6.30. The number of nitrogens with one attached hydrogen (secondary N) is 1. The monoisotopic (exact) mass is 300 g/mol. The molecular formula is C11H13ClN4O4. The highest BCUT2D eigenvalue weighted by Gasteiger charge is 2.14. The molecule has 3 N–H and O–H groups in total. The third-order valence-electron chi connectivity index (χ3n) is 2.11. The van der Waals surface area contributed by atoms with Gasteiger partial charge in [-0.1, -0.05) is 11.6 Å². The minimum Gasteiger partial charge on any atom is -0.466 e. The van der Waals surface area contributed by atoms with Gasteiger partial charge in [0.15, 0.2) is 0 Å². The summed E-state index contributed by atoms with van der Waals surface area (Å²) in [5.41, 5.74) is 7.80. The Kier molecular flexibility index (Phi) is 5.73. The van der Waals surface area contributed by atoms with Crippen LogP contribution in [0.25, 0.3) is 0 Å². The van der Waals surface area contributed by atoms with E-state index >= 15 is 0 Å². The molecule has 9 heteroatoms. The number of nitrogens with two attached hydrogens (primary N) is 1. The number of nitrogens with zero attached hydrogens (tertiary/aromatic N) is 2. The molecule has 0 heterocycles. The maximum absolute atomic E-state index is 11.1. The van der Waals surface area contributed by atoms with Crippen molar-refractivity contribution in [2.45, 2.75) is 13.3 Å². The standard InChI is InChI=1S/C11H13ClN4O4/c1-2-20-11(17)6-10(13)15-14-8-4-3-7(12)5-9(8)16(18)19/h3-5,14H,2,6H2,1H3,(H2,13,15). The Morgan fingerprint density at radius 2 is 2.30 bits per heavy atom. The normalized spacial score (nSPS) is 11.0. The molecule has 0 aliphatic heterocycles. The molecule has 108 valence electrons. The summed E-state index contributed by atoms with van der Waals surface area (Å²) in [5, 5.41) is 14.7. The number of benzene rings is 1.